The van der Waals surface area contributed by atoms with E-state index in [0.717, 1.165) is 24.0 Å². The summed E-state index contributed by atoms with van der Waals surface area (Å²) in [7, 11) is 0. The highest BCUT2D eigenvalue weighted by molar-refractivity contribution is 5.73. The molecule has 0 radical (unpaired) electrons. The lowest BCUT2D eigenvalue weighted by atomic mass is 10.1. The molecule has 1 amide bonds. The fourth-order valence-corrected chi connectivity index (χ4v) is 4.21. The Bertz CT molecular complexity index is 461. The number of carbonyl (C=O) groups is 1. The maximum atomic E-state index is 11.5. The van der Waals surface area contributed by atoms with Crippen molar-refractivity contribution in [3.63, 3.8) is 0 Å². The van der Waals surface area contributed by atoms with Crippen molar-refractivity contribution in [2.24, 2.45) is 4.99 Å². The normalized spacial score (nSPS) is 23.2. The Morgan fingerprint density at radius 2 is 1.74 bits per heavy atom. The van der Waals surface area contributed by atoms with Gasteiger partial charge in [-0.2, -0.15) is 0 Å². The lowest BCUT2D eigenvalue weighted by Gasteiger charge is -2.42. The van der Waals surface area contributed by atoms with E-state index in [2.05, 4.69) is 44.5 Å². The van der Waals surface area contributed by atoms with Gasteiger partial charge in [0.1, 0.15) is 6.54 Å². The van der Waals surface area contributed by atoms with E-state index in [9.17, 15) is 4.79 Å². The van der Waals surface area contributed by atoms with Gasteiger partial charge in [0.15, 0.2) is 12.3 Å². The van der Waals surface area contributed by atoms with Gasteiger partial charge in [-0.15, -0.1) is 0 Å². The van der Waals surface area contributed by atoms with Crippen molar-refractivity contribution in [3.05, 3.63) is 12.2 Å². The molecule has 1 heterocycles. The van der Waals surface area contributed by atoms with E-state index in [4.69, 9.17) is 4.99 Å². The Morgan fingerprint density at radius 3 is 2.37 bits per heavy atom. The predicted octanol–water partition coefficient (Wildman–Crippen LogP) is 5.58. The molecule has 0 aromatic carbocycles. The van der Waals surface area contributed by atoms with E-state index in [1.54, 1.807) is 6.92 Å². The zero-order valence-corrected chi connectivity index (χ0v) is 18.4. The Balaban J connectivity index is 2.17. The van der Waals surface area contributed by atoms with Crippen molar-refractivity contribution >= 4 is 12.1 Å². The topological polar surface area (TPSA) is 41.5 Å². The minimum atomic E-state index is 0.0549. The molecule has 0 fully saturated rings. The zero-order valence-electron chi connectivity index (χ0n) is 18.4. The summed E-state index contributed by atoms with van der Waals surface area (Å²) in [5.41, 5.74) is 0. The van der Waals surface area contributed by atoms with E-state index < -0.39 is 0 Å². The molecule has 1 rings (SSSR count). The molecule has 0 aliphatic carbocycles. The average molecular weight is 379 g/mol. The Kier molecular flexibility index (Phi) is 12.3. The summed E-state index contributed by atoms with van der Waals surface area (Å²) in [5.74, 6) is 0.0549. The van der Waals surface area contributed by atoms with E-state index in [0.29, 0.717) is 6.17 Å². The maximum Gasteiger partial charge on any atom is 0.221 e. The molecule has 3 unspecified atom stereocenters. The average Bonchev–Trinajstić information content (AvgIpc) is 3.06. The van der Waals surface area contributed by atoms with Crippen molar-refractivity contribution in [2.75, 3.05) is 13.1 Å². The van der Waals surface area contributed by atoms with Gasteiger partial charge in [-0.05, 0) is 32.6 Å². The third kappa shape index (κ3) is 8.59. The first-order valence-corrected chi connectivity index (χ1v) is 11.4. The second-order valence-corrected chi connectivity index (χ2v) is 8.10. The van der Waals surface area contributed by atoms with E-state index in [1.807, 2.05) is 0 Å². The number of amides is 1. The molecular formula is C23H44N3O+. The summed E-state index contributed by atoms with van der Waals surface area (Å²) in [4.78, 5) is 16.2. The van der Waals surface area contributed by atoms with Crippen molar-refractivity contribution in [3.8, 4) is 0 Å². The number of hydrogen-bond acceptors (Lipinski definition) is 2. The Morgan fingerprint density at radius 1 is 1.11 bits per heavy atom. The second-order valence-electron chi connectivity index (χ2n) is 8.10. The van der Waals surface area contributed by atoms with Gasteiger partial charge in [-0.25, -0.2) is 4.99 Å². The smallest absolute Gasteiger partial charge is 0.221 e. The second kappa shape index (κ2) is 13.9. The van der Waals surface area contributed by atoms with Crippen molar-refractivity contribution in [1.29, 1.82) is 0 Å². The highest BCUT2D eigenvalue weighted by Crippen LogP contribution is 2.27. The monoisotopic (exact) mass is 378 g/mol. The molecule has 0 saturated heterocycles. The Hall–Kier alpha value is -1.16. The largest absolute Gasteiger partial charge is 0.307 e. The van der Waals surface area contributed by atoms with Gasteiger partial charge < -0.3 is 5.32 Å². The predicted molar refractivity (Wildman–Crippen MR) is 117 cm³/mol. The van der Waals surface area contributed by atoms with Crippen LogP contribution in [0.1, 0.15) is 98.3 Å². The number of nitrogens with one attached hydrogen (secondary N) is 1. The number of aliphatic imine (C=N–C) groups is 1. The van der Waals surface area contributed by atoms with Crippen LogP contribution in [0.3, 0.4) is 0 Å². The highest BCUT2D eigenvalue weighted by Gasteiger charge is 2.42. The minimum absolute atomic E-state index is 0.0549. The van der Waals surface area contributed by atoms with Crippen LogP contribution in [0, 0.1) is 0 Å². The number of carbonyl (C=O) groups excluding carboxylic acids is 1. The molecule has 27 heavy (non-hydrogen) atoms. The molecule has 1 aliphatic heterocycles. The standard InChI is InChI=1S/C23H43N3O/c1-5-7-8-9-10-11-12-13-14-15-16-17-18-23-24-19-20-26(23,6-2)21(3)25-22(4)27/h9-10,19,21,23H,5-8,11-18,20H2,1-4H3/p+1/b10-9+. The number of quaternary nitrogens is 1. The van der Waals surface area contributed by atoms with Crippen LogP contribution < -0.4 is 5.32 Å². The van der Waals surface area contributed by atoms with Gasteiger partial charge >= 0.3 is 0 Å². The summed E-state index contributed by atoms with van der Waals surface area (Å²) >= 11 is 0. The molecular weight excluding hydrogens is 334 g/mol. The van der Waals surface area contributed by atoms with Crippen LogP contribution in [0.25, 0.3) is 0 Å². The van der Waals surface area contributed by atoms with Crippen LogP contribution in [0.4, 0.5) is 0 Å². The molecule has 0 spiro atoms. The van der Waals surface area contributed by atoms with Crippen molar-refractivity contribution in [2.45, 2.75) is 111 Å². The van der Waals surface area contributed by atoms with Crippen LogP contribution in [-0.4, -0.2) is 42.0 Å². The maximum absolute atomic E-state index is 11.5. The number of hydrogen-bond donors (Lipinski definition) is 1. The van der Waals surface area contributed by atoms with E-state index >= 15 is 0 Å². The zero-order chi connectivity index (χ0) is 20.0. The van der Waals surface area contributed by atoms with Crippen molar-refractivity contribution < 1.29 is 9.28 Å². The van der Waals surface area contributed by atoms with Crippen LogP contribution in [0.5, 0.6) is 0 Å². The summed E-state index contributed by atoms with van der Waals surface area (Å²) in [6.07, 6.45) is 21.4. The third-order valence-corrected chi connectivity index (χ3v) is 6.04. The minimum Gasteiger partial charge on any atom is -0.307 e. The molecule has 3 atom stereocenters. The lowest BCUT2D eigenvalue weighted by Crippen LogP contribution is -2.63. The number of nitrogens with zero attached hydrogens (tertiary/aromatic N) is 2. The summed E-state index contributed by atoms with van der Waals surface area (Å²) in [6.45, 7) is 10.2. The van der Waals surface area contributed by atoms with Gasteiger partial charge in [0.05, 0.1) is 12.8 Å². The number of unbranched alkanes of at least 4 members (excludes halogenated alkanes) is 8. The molecule has 4 heteroatoms. The molecule has 4 nitrogen and oxygen atoms in total. The molecule has 1 N–H and O–H groups in total. The van der Waals surface area contributed by atoms with Gasteiger partial charge in [-0.1, -0.05) is 57.6 Å². The third-order valence-electron chi connectivity index (χ3n) is 6.04. The first-order chi connectivity index (χ1) is 13.1. The molecule has 0 bridgehead atoms. The van der Waals surface area contributed by atoms with Gasteiger partial charge in [0.2, 0.25) is 5.91 Å². The summed E-state index contributed by atoms with van der Waals surface area (Å²) in [6, 6.07) is 0. The first kappa shape index (κ1) is 23.9. The van der Waals surface area contributed by atoms with Crippen molar-refractivity contribution in [1.82, 2.24) is 5.32 Å². The number of rotatable bonds is 15. The highest BCUT2D eigenvalue weighted by atomic mass is 16.1. The van der Waals surface area contributed by atoms with Gasteiger partial charge in [-0.3, -0.25) is 9.28 Å². The van der Waals surface area contributed by atoms with Crippen LogP contribution >= 0.6 is 0 Å². The summed E-state index contributed by atoms with van der Waals surface area (Å²) in [5, 5.41) is 3.10. The van der Waals surface area contributed by atoms with Gasteiger partial charge in [0.25, 0.3) is 0 Å². The SMILES string of the molecule is CCCC/C=C/CCCCCCCCC1N=CC[N+]1(CC)C(C)NC(C)=O. The van der Waals surface area contributed by atoms with Crippen LogP contribution in [0.2, 0.25) is 0 Å². The summed E-state index contributed by atoms with van der Waals surface area (Å²) < 4.78 is 0.879. The van der Waals surface area contributed by atoms with E-state index in [-0.39, 0.29) is 12.1 Å². The fourth-order valence-electron chi connectivity index (χ4n) is 4.21. The van der Waals surface area contributed by atoms with E-state index in [1.165, 1.54) is 64.2 Å². The van der Waals surface area contributed by atoms with Gasteiger partial charge in [0, 0.05) is 20.3 Å². The molecule has 1 aliphatic rings. The molecule has 156 valence electrons. The molecule has 0 saturated carbocycles. The quantitative estimate of drug-likeness (QED) is 0.225. The lowest BCUT2D eigenvalue weighted by molar-refractivity contribution is -0.959. The van der Waals surface area contributed by atoms with Crippen LogP contribution in [0.15, 0.2) is 17.1 Å². The van der Waals surface area contributed by atoms with Crippen LogP contribution in [-0.2, 0) is 4.79 Å². The first-order valence-electron chi connectivity index (χ1n) is 11.4. The molecule has 0 aromatic rings. The molecule has 0 aromatic heterocycles. The fraction of sp³-hybridized carbons (Fsp3) is 0.826. The Labute approximate surface area is 168 Å². The number of allylic oxidation sites excluding steroid dienone is 2.